The maximum absolute atomic E-state index is 12.3. The van der Waals surface area contributed by atoms with Crippen LogP contribution in [0.4, 0.5) is 0 Å². The van der Waals surface area contributed by atoms with Crippen LogP contribution in [-0.4, -0.2) is 23.7 Å². The van der Waals surface area contributed by atoms with Crippen molar-refractivity contribution in [1.29, 1.82) is 0 Å². The van der Waals surface area contributed by atoms with Crippen LogP contribution in [0.15, 0.2) is 24.3 Å². The second-order valence-electron chi connectivity index (χ2n) is 7.70. The van der Waals surface area contributed by atoms with Crippen molar-refractivity contribution in [3.05, 3.63) is 35.4 Å². The monoisotopic (exact) mass is 303 g/mol. The van der Waals surface area contributed by atoms with E-state index in [1.807, 2.05) is 39.8 Å². The summed E-state index contributed by atoms with van der Waals surface area (Å²) in [4.78, 5) is 12.3. The summed E-state index contributed by atoms with van der Waals surface area (Å²) in [6.07, 6.45) is 0.517. The van der Waals surface area contributed by atoms with Gasteiger partial charge in [-0.2, -0.15) is 0 Å². The molecule has 122 valence electrons. The van der Waals surface area contributed by atoms with Gasteiger partial charge in [-0.1, -0.05) is 52.0 Å². The van der Waals surface area contributed by atoms with Gasteiger partial charge in [0.05, 0.1) is 6.10 Å². The van der Waals surface area contributed by atoms with E-state index in [-0.39, 0.29) is 23.2 Å². The van der Waals surface area contributed by atoms with Gasteiger partial charge in [0, 0.05) is 17.9 Å². The zero-order chi connectivity index (χ0) is 16.5. The molecule has 3 nitrogen and oxygen atoms in total. The topological polar surface area (TPSA) is 49.3 Å². The molecule has 1 aliphatic rings. The molecule has 0 spiro atoms. The molecule has 3 heteroatoms. The highest BCUT2D eigenvalue weighted by molar-refractivity contribution is 5.83. The lowest BCUT2D eigenvalue weighted by molar-refractivity contribution is -0.123. The highest BCUT2D eigenvalue weighted by atomic mass is 16.3. The van der Waals surface area contributed by atoms with Crippen LogP contribution in [-0.2, 0) is 4.79 Å². The maximum Gasteiger partial charge on any atom is 0.223 e. The molecule has 1 fully saturated rings. The minimum absolute atomic E-state index is 0.0908. The first-order valence-electron chi connectivity index (χ1n) is 8.25. The number of nitrogens with one attached hydrogen (secondary N) is 1. The average molecular weight is 303 g/mol. The first-order valence-corrected chi connectivity index (χ1v) is 8.25. The molecule has 2 N–H and O–H groups in total. The van der Waals surface area contributed by atoms with E-state index in [4.69, 9.17) is 0 Å². The van der Waals surface area contributed by atoms with Crippen molar-refractivity contribution in [2.75, 3.05) is 6.54 Å². The highest BCUT2D eigenvalue weighted by Crippen LogP contribution is 2.48. The van der Waals surface area contributed by atoms with E-state index in [0.717, 1.165) is 6.42 Å². The molecule has 2 rings (SSSR count). The predicted molar refractivity (Wildman–Crippen MR) is 89.7 cm³/mol. The third-order valence-corrected chi connectivity index (χ3v) is 4.87. The van der Waals surface area contributed by atoms with Gasteiger partial charge < -0.3 is 10.4 Å². The molecule has 1 aliphatic carbocycles. The maximum atomic E-state index is 12.3. The molecule has 3 unspecified atom stereocenters. The van der Waals surface area contributed by atoms with Crippen molar-refractivity contribution in [3.63, 3.8) is 0 Å². The smallest absolute Gasteiger partial charge is 0.223 e. The number of rotatable bonds is 6. The van der Waals surface area contributed by atoms with Crippen molar-refractivity contribution in [3.8, 4) is 0 Å². The van der Waals surface area contributed by atoms with Crippen LogP contribution in [0.2, 0.25) is 0 Å². The van der Waals surface area contributed by atoms with Gasteiger partial charge >= 0.3 is 0 Å². The zero-order valence-electron chi connectivity index (χ0n) is 14.4. The summed E-state index contributed by atoms with van der Waals surface area (Å²) in [5.41, 5.74) is 2.25. The summed E-state index contributed by atoms with van der Waals surface area (Å²) in [5, 5.41) is 13.3. The molecule has 0 aliphatic heterocycles. The number of aliphatic hydroxyl groups is 1. The number of benzene rings is 1. The quantitative estimate of drug-likeness (QED) is 0.847. The van der Waals surface area contributed by atoms with E-state index < -0.39 is 6.10 Å². The summed E-state index contributed by atoms with van der Waals surface area (Å²) in [5.74, 6) is 0.761. The second kappa shape index (κ2) is 6.41. The molecule has 0 saturated heterocycles. The lowest BCUT2D eigenvalue weighted by atomic mass is 9.80. The Bertz CT molecular complexity index is 536. The summed E-state index contributed by atoms with van der Waals surface area (Å²) in [7, 11) is 0. The SMILES string of the molecule is Cc1ccccc1C1CC1C(=O)NCC(C)(C)C(O)C(C)C. The Kier molecular flexibility index (Phi) is 4.96. The third kappa shape index (κ3) is 3.70. The number of hydrogen-bond donors (Lipinski definition) is 2. The fourth-order valence-electron chi connectivity index (χ4n) is 3.28. The third-order valence-electron chi connectivity index (χ3n) is 4.87. The van der Waals surface area contributed by atoms with Gasteiger partial charge in [-0.05, 0) is 36.3 Å². The largest absolute Gasteiger partial charge is 0.392 e. The lowest BCUT2D eigenvalue weighted by Crippen LogP contribution is -2.44. The number of carbonyl (C=O) groups is 1. The average Bonchev–Trinajstić information content (AvgIpc) is 3.24. The summed E-state index contributed by atoms with van der Waals surface area (Å²) >= 11 is 0. The van der Waals surface area contributed by atoms with Gasteiger partial charge in [0.1, 0.15) is 0 Å². The molecule has 0 radical (unpaired) electrons. The van der Waals surface area contributed by atoms with E-state index in [2.05, 4.69) is 24.4 Å². The Labute approximate surface area is 134 Å². The predicted octanol–water partition coefficient (Wildman–Crippen LogP) is 3.26. The van der Waals surface area contributed by atoms with Crippen molar-refractivity contribution in [2.45, 2.75) is 53.1 Å². The van der Waals surface area contributed by atoms with Crippen molar-refractivity contribution < 1.29 is 9.90 Å². The fraction of sp³-hybridized carbons (Fsp3) is 0.632. The molecule has 3 atom stereocenters. The number of aryl methyl sites for hydroxylation is 1. The molecule has 1 aromatic rings. The highest BCUT2D eigenvalue weighted by Gasteiger charge is 2.44. The van der Waals surface area contributed by atoms with Crippen molar-refractivity contribution in [2.24, 2.45) is 17.3 Å². The van der Waals surface area contributed by atoms with Crippen LogP contribution in [0.25, 0.3) is 0 Å². The standard InChI is InChI=1S/C19H29NO2/c1-12(2)17(21)19(4,5)11-20-18(22)16-10-15(16)14-9-7-6-8-13(14)3/h6-9,12,15-17,21H,10-11H2,1-5H3,(H,20,22). The Balaban J connectivity index is 1.89. The van der Waals surface area contributed by atoms with Crippen LogP contribution < -0.4 is 5.32 Å². The summed E-state index contributed by atoms with van der Waals surface area (Å²) < 4.78 is 0. The van der Waals surface area contributed by atoms with Gasteiger partial charge in [0.15, 0.2) is 0 Å². The Morgan fingerprint density at radius 3 is 2.59 bits per heavy atom. The van der Waals surface area contributed by atoms with Crippen LogP contribution in [0.1, 0.15) is 51.2 Å². The van der Waals surface area contributed by atoms with E-state index >= 15 is 0 Å². The van der Waals surface area contributed by atoms with E-state index in [1.165, 1.54) is 11.1 Å². The van der Waals surface area contributed by atoms with Crippen LogP contribution in [0.5, 0.6) is 0 Å². The molecular formula is C19H29NO2. The minimum atomic E-state index is -0.417. The van der Waals surface area contributed by atoms with Crippen molar-refractivity contribution in [1.82, 2.24) is 5.32 Å². The molecule has 0 heterocycles. The first kappa shape index (κ1) is 17.0. The van der Waals surface area contributed by atoms with E-state index in [1.54, 1.807) is 0 Å². The molecule has 1 saturated carbocycles. The Morgan fingerprint density at radius 1 is 1.36 bits per heavy atom. The fourth-order valence-corrected chi connectivity index (χ4v) is 3.28. The first-order chi connectivity index (χ1) is 10.2. The molecule has 22 heavy (non-hydrogen) atoms. The minimum Gasteiger partial charge on any atom is -0.392 e. The Morgan fingerprint density at radius 2 is 2.00 bits per heavy atom. The zero-order valence-corrected chi connectivity index (χ0v) is 14.4. The number of hydrogen-bond acceptors (Lipinski definition) is 2. The van der Waals surface area contributed by atoms with Gasteiger partial charge in [-0.3, -0.25) is 4.79 Å². The normalized spacial score (nSPS) is 22.5. The number of carbonyl (C=O) groups excluding carboxylic acids is 1. The number of aliphatic hydroxyl groups excluding tert-OH is 1. The van der Waals surface area contributed by atoms with Crippen LogP contribution >= 0.6 is 0 Å². The van der Waals surface area contributed by atoms with Gasteiger partial charge in [0.2, 0.25) is 5.91 Å². The summed E-state index contributed by atoms with van der Waals surface area (Å²) in [6.45, 7) is 10.6. The van der Waals surface area contributed by atoms with E-state index in [9.17, 15) is 9.90 Å². The summed E-state index contributed by atoms with van der Waals surface area (Å²) in [6, 6.07) is 8.30. The van der Waals surface area contributed by atoms with Crippen molar-refractivity contribution >= 4 is 5.91 Å². The molecule has 1 amide bonds. The van der Waals surface area contributed by atoms with Crippen LogP contribution in [0, 0.1) is 24.2 Å². The van der Waals surface area contributed by atoms with Gasteiger partial charge in [-0.15, -0.1) is 0 Å². The molecule has 0 aromatic heterocycles. The molecular weight excluding hydrogens is 274 g/mol. The van der Waals surface area contributed by atoms with Gasteiger partial charge in [0.25, 0.3) is 0 Å². The molecule has 1 aromatic carbocycles. The van der Waals surface area contributed by atoms with Crippen LogP contribution in [0.3, 0.4) is 0 Å². The van der Waals surface area contributed by atoms with E-state index in [0.29, 0.717) is 12.5 Å². The van der Waals surface area contributed by atoms with Gasteiger partial charge in [-0.25, -0.2) is 0 Å². The second-order valence-corrected chi connectivity index (χ2v) is 7.70. The lowest BCUT2D eigenvalue weighted by Gasteiger charge is -2.33. The number of amides is 1. The Hall–Kier alpha value is -1.35. The molecule has 0 bridgehead atoms.